The van der Waals surface area contributed by atoms with Gasteiger partial charge >= 0.3 is 0 Å². The molecule has 37 heavy (non-hydrogen) atoms. The van der Waals surface area contributed by atoms with Crippen LogP contribution in [0.1, 0.15) is 48.4 Å². The Morgan fingerprint density at radius 2 is 2.00 bits per heavy atom. The van der Waals surface area contributed by atoms with Crippen molar-refractivity contribution in [3.05, 3.63) is 59.2 Å². The number of carbonyl (C=O) groups excluding carboxylic acids is 1. The first-order chi connectivity index (χ1) is 18.0. The van der Waals surface area contributed by atoms with Gasteiger partial charge in [-0.2, -0.15) is 10.3 Å². The van der Waals surface area contributed by atoms with Gasteiger partial charge in [0.15, 0.2) is 17.2 Å². The molecule has 0 unspecified atom stereocenters. The highest BCUT2D eigenvalue weighted by atomic mass is 19.1. The number of aromatic nitrogens is 4. The van der Waals surface area contributed by atoms with Gasteiger partial charge in [0.2, 0.25) is 5.82 Å². The topological polar surface area (TPSA) is 154 Å². The molecule has 0 fully saturated rings. The Kier molecular flexibility index (Phi) is 8.06. The Labute approximate surface area is 211 Å². The zero-order valence-corrected chi connectivity index (χ0v) is 20.2. The van der Waals surface area contributed by atoms with Gasteiger partial charge in [-0.25, -0.2) is 9.40 Å². The summed E-state index contributed by atoms with van der Waals surface area (Å²) in [6.45, 7) is 5.13. The fraction of sp³-hybridized carbons (Fsp3) is 0.292. The molecule has 3 aromatic rings. The summed E-state index contributed by atoms with van der Waals surface area (Å²) < 4.78 is 26.2. The van der Waals surface area contributed by atoms with Gasteiger partial charge in [-0.1, -0.05) is 0 Å². The molecule has 0 spiro atoms. The molecule has 12 nitrogen and oxygen atoms in total. The molecule has 0 saturated carbocycles. The van der Waals surface area contributed by atoms with Crippen molar-refractivity contribution < 1.29 is 18.7 Å². The lowest BCUT2D eigenvalue weighted by molar-refractivity contribution is 0.0747. The molecule has 0 aliphatic carbocycles. The van der Waals surface area contributed by atoms with Crippen LogP contribution in [0.3, 0.4) is 0 Å². The number of halogens is 1. The van der Waals surface area contributed by atoms with E-state index in [4.69, 9.17) is 14.9 Å². The van der Waals surface area contributed by atoms with Crippen molar-refractivity contribution in [2.45, 2.75) is 26.7 Å². The van der Waals surface area contributed by atoms with Gasteiger partial charge in [-0.15, -0.1) is 20.4 Å². The third kappa shape index (κ3) is 5.90. The largest absolute Gasteiger partial charge is 0.490 e. The zero-order chi connectivity index (χ0) is 26.2. The molecule has 2 heterocycles. The second-order valence-electron chi connectivity index (χ2n) is 7.68. The SMILES string of the molecule is CCOc1ccc(C2=NN(C(=O)c3ccc(N=NC(=C=N)c4nn[nH]n4)cc3F)CCC2)cc1OCC. The molecule has 1 aliphatic rings. The number of tetrazole rings is 1. The summed E-state index contributed by atoms with van der Waals surface area (Å²) in [7, 11) is 0. The van der Waals surface area contributed by atoms with E-state index < -0.39 is 11.7 Å². The minimum atomic E-state index is -0.775. The average molecular weight is 506 g/mol. The number of hydrogen-bond acceptors (Lipinski definition) is 10. The second kappa shape index (κ2) is 11.8. The van der Waals surface area contributed by atoms with Crippen LogP contribution in [0.5, 0.6) is 11.5 Å². The molecule has 0 saturated heterocycles. The van der Waals surface area contributed by atoms with Crippen LogP contribution in [-0.2, 0) is 0 Å². The van der Waals surface area contributed by atoms with Crippen LogP contribution < -0.4 is 9.47 Å². The predicted molar refractivity (Wildman–Crippen MR) is 132 cm³/mol. The second-order valence-corrected chi connectivity index (χ2v) is 7.68. The van der Waals surface area contributed by atoms with E-state index >= 15 is 0 Å². The van der Waals surface area contributed by atoms with E-state index in [1.165, 1.54) is 17.1 Å². The van der Waals surface area contributed by atoms with Gasteiger partial charge in [-0.3, -0.25) is 10.2 Å². The molecule has 1 aliphatic heterocycles. The number of H-pyrrole nitrogens is 1. The highest BCUT2D eigenvalue weighted by Gasteiger charge is 2.24. The first kappa shape index (κ1) is 25.3. The van der Waals surface area contributed by atoms with Crippen molar-refractivity contribution in [3.8, 4) is 11.5 Å². The average Bonchev–Trinajstić information content (AvgIpc) is 3.45. The van der Waals surface area contributed by atoms with Crippen molar-refractivity contribution in [2.24, 2.45) is 15.3 Å². The fourth-order valence-electron chi connectivity index (χ4n) is 3.60. The monoisotopic (exact) mass is 505 g/mol. The van der Waals surface area contributed by atoms with Gasteiger partial charge in [-0.05, 0) is 62.2 Å². The number of azo groups is 1. The van der Waals surface area contributed by atoms with Crippen molar-refractivity contribution in [1.82, 2.24) is 25.6 Å². The molecule has 1 amide bonds. The van der Waals surface area contributed by atoms with Crippen LogP contribution in [0.4, 0.5) is 10.1 Å². The molecule has 0 bridgehead atoms. The minimum absolute atomic E-state index is 0.0192. The van der Waals surface area contributed by atoms with Crippen LogP contribution in [0.2, 0.25) is 0 Å². The van der Waals surface area contributed by atoms with Crippen LogP contribution >= 0.6 is 0 Å². The number of nitrogens with one attached hydrogen (secondary N) is 2. The third-order valence-electron chi connectivity index (χ3n) is 5.26. The highest BCUT2D eigenvalue weighted by Crippen LogP contribution is 2.30. The standard InChI is InChI=1S/C24H24FN9O3/c1-3-36-21-10-7-15(12-22(21)37-4-2)19-6-5-11-34(31-19)24(35)17-9-8-16(13-18(17)25)27-28-20(14-26)23-29-32-33-30-23/h7-10,12-13,26H,3-6,11H2,1-2H3,(H,29,30,32,33). The van der Waals surface area contributed by atoms with Gasteiger partial charge < -0.3 is 9.47 Å². The van der Waals surface area contributed by atoms with Crippen molar-refractivity contribution in [3.63, 3.8) is 0 Å². The minimum Gasteiger partial charge on any atom is -0.490 e. The summed E-state index contributed by atoms with van der Waals surface area (Å²) in [6, 6.07) is 9.36. The quantitative estimate of drug-likeness (QED) is 0.329. The number of rotatable bonds is 9. The summed E-state index contributed by atoms with van der Waals surface area (Å²) >= 11 is 0. The Balaban J connectivity index is 1.53. The fourth-order valence-corrected chi connectivity index (χ4v) is 3.60. The summed E-state index contributed by atoms with van der Waals surface area (Å²) in [6.07, 6.45) is 1.33. The van der Waals surface area contributed by atoms with Crippen molar-refractivity contribution >= 4 is 28.9 Å². The number of hydrazone groups is 1. The number of hydrogen-bond donors (Lipinski definition) is 2. The molecular formula is C24H24FN9O3. The molecule has 4 rings (SSSR count). The van der Waals surface area contributed by atoms with Gasteiger partial charge in [0.1, 0.15) is 5.82 Å². The molecule has 190 valence electrons. The lowest BCUT2D eigenvalue weighted by atomic mass is 10.0. The Morgan fingerprint density at radius 1 is 1.19 bits per heavy atom. The molecule has 1 aromatic heterocycles. The number of amides is 1. The molecule has 0 atom stereocenters. The van der Waals surface area contributed by atoms with E-state index in [-0.39, 0.29) is 22.8 Å². The van der Waals surface area contributed by atoms with Gasteiger partial charge in [0, 0.05) is 24.0 Å². The molecule has 0 radical (unpaired) electrons. The maximum atomic E-state index is 14.9. The number of carbonyl (C=O) groups is 1. The number of ether oxygens (including phenoxy) is 2. The Bertz CT molecular complexity index is 1380. The summed E-state index contributed by atoms with van der Waals surface area (Å²) in [5.41, 5.74) is 1.39. The van der Waals surface area contributed by atoms with E-state index in [2.05, 4.69) is 36.0 Å². The van der Waals surface area contributed by atoms with Gasteiger partial charge in [0.25, 0.3) is 5.91 Å². The summed E-state index contributed by atoms with van der Waals surface area (Å²) in [5, 5.41) is 33.7. The van der Waals surface area contributed by atoms with Crippen LogP contribution in [-0.4, -0.2) is 62.9 Å². The Morgan fingerprint density at radius 3 is 2.70 bits per heavy atom. The first-order valence-corrected chi connectivity index (χ1v) is 11.6. The predicted octanol–water partition coefficient (Wildman–Crippen LogP) is 4.15. The molecule has 2 aromatic carbocycles. The lowest BCUT2D eigenvalue weighted by Gasteiger charge is -2.24. The van der Waals surface area contributed by atoms with Crippen LogP contribution in [0, 0.1) is 11.2 Å². The highest BCUT2D eigenvalue weighted by molar-refractivity contribution is 6.03. The van der Waals surface area contributed by atoms with Gasteiger partial charge in [0.05, 0.1) is 30.2 Å². The number of benzene rings is 2. The van der Waals surface area contributed by atoms with E-state index in [0.29, 0.717) is 49.8 Å². The number of nitrogens with zero attached hydrogens (tertiary/aromatic N) is 7. The summed E-state index contributed by atoms with van der Waals surface area (Å²) in [5.74, 6) is 1.95. The van der Waals surface area contributed by atoms with Crippen molar-refractivity contribution in [1.29, 1.82) is 5.41 Å². The zero-order valence-electron chi connectivity index (χ0n) is 20.2. The third-order valence-corrected chi connectivity index (χ3v) is 5.26. The smallest absolute Gasteiger partial charge is 0.276 e. The van der Waals surface area contributed by atoms with Crippen LogP contribution in [0.25, 0.3) is 5.70 Å². The normalized spacial score (nSPS) is 13.3. The Hall–Kier alpha value is -4.77. The van der Waals surface area contributed by atoms with Crippen LogP contribution in [0.15, 0.2) is 51.7 Å². The maximum Gasteiger partial charge on any atom is 0.276 e. The maximum absolute atomic E-state index is 14.9. The summed E-state index contributed by atoms with van der Waals surface area (Å²) in [4.78, 5) is 13.1. The molecule has 13 heteroatoms. The van der Waals surface area contributed by atoms with E-state index in [9.17, 15) is 9.18 Å². The first-order valence-electron chi connectivity index (χ1n) is 11.6. The molecular weight excluding hydrogens is 481 g/mol. The lowest BCUT2D eigenvalue weighted by Crippen LogP contribution is -2.32. The van der Waals surface area contributed by atoms with Crippen molar-refractivity contribution in [2.75, 3.05) is 19.8 Å². The molecule has 2 N–H and O–H groups in total. The number of aromatic amines is 1. The van der Waals surface area contributed by atoms with E-state index in [1.54, 1.807) is 0 Å². The van der Waals surface area contributed by atoms with E-state index in [0.717, 1.165) is 11.6 Å². The van der Waals surface area contributed by atoms with E-state index in [1.807, 2.05) is 37.9 Å².